The lowest BCUT2D eigenvalue weighted by atomic mass is 9.87. The van der Waals surface area contributed by atoms with Gasteiger partial charge in [-0.15, -0.1) is 0 Å². The molecule has 0 unspecified atom stereocenters. The van der Waals surface area contributed by atoms with Crippen LogP contribution in [0.3, 0.4) is 0 Å². The molecule has 2 nitrogen and oxygen atoms in total. The average molecular weight is 144 g/mol. The predicted molar refractivity (Wildman–Crippen MR) is 39.8 cm³/mol. The molecule has 1 saturated heterocycles. The highest BCUT2D eigenvalue weighted by Gasteiger charge is 2.32. The number of ether oxygens (including phenoxy) is 1. The van der Waals surface area contributed by atoms with Gasteiger partial charge < -0.3 is 9.84 Å². The van der Waals surface area contributed by atoms with E-state index in [1.807, 2.05) is 0 Å². The average Bonchev–Trinajstić information content (AvgIpc) is 2.11. The Labute approximate surface area is 62.2 Å². The van der Waals surface area contributed by atoms with Crippen molar-refractivity contribution in [2.45, 2.75) is 39.4 Å². The summed E-state index contributed by atoms with van der Waals surface area (Å²) in [6.45, 7) is 6.92. The van der Waals surface area contributed by atoms with Gasteiger partial charge in [-0.2, -0.15) is 0 Å². The van der Waals surface area contributed by atoms with Crippen LogP contribution < -0.4 is 0 Å². The molecule has 1 heterocycles. The molecule has 60 valence electrons. The molecule has 0 amide bonds. The van der Waals surface area contributed by atoms with Gasteiger partial charge in [0.1, 0.15) is 0 Å². The van der Waals surface area contributed by atoms with Gasteiger partial charge in [-0.05, 0) is 5.41 Å². The highest BCUT2D eigenvalue weighted by molar-refractivity contribution is 4.82. The first-order valence-electron chi connectivity index (χ1n) is 3.80. The van der Waals surface area contributed by atoms with Crippen LogP contribution in [0.15, 0.2) is 0 Å². The SMILES string of the molecule is CC(C)(C)[C@@H]1C[C@H](O)CO1. The zero-order chi connectivity index (χ0) is 7.78. The summed E-state index contributed by atoms with van der Waals surface area (Å²) in [6, 6.07) is 0. The monoisotopic (exact) mass is 144 g/mol. The fourth-order valence-corrected chi connectivity index (χ4v) is 1.21. The number of hydrogen-bond donors (Lipinski definition) is 1. The Hall–Kier alpha value is -0.0800. The molecule has 1 aliphatic rings. The van der Waals surface area contributed by atoms with Gasteiger partial charge >= 0.3 is 0 Å². The van der Waals surface area contributed by atoms with Gasteiger partial charge in [-0.25, -0.2) is 0 Å². The molecule has 1 aliphatic heterocycles. The van der Waals surface area contributed by atoms with Gasteiger partial charge in [0.05, 0.1) is 18.8 Å². The van der Waals surface area contributed by atoms with E-state index < -0.39 is 0 Å². The standard InChI is InChI=1S/C8H16O2/c1-8(2,3)7-4-6(9)5-10-7/h6-7,9H,4-5H2,1-3H3/t6-,7-/m0/s1. The lowest BCUT2D eigenvalue weighted by Gasteiger charge is -2.25. The highest BCUT2D eigenvalue weighted by atomic mass is 16.5. The van der Waals surface area contributed by atoms with E-state index >= 15 is 0 Å². The first-order chi connectivity index (χ1) is 4.50. The highest BCUT2D eigenvalue weighted by Crippen LogP contribution is 2.29. The minimum Gasteiger partial charge on any atom is -0.391 e. The molecule has 0 aromatic carbocycles. The normalized spacial score (nSPS) is 34.8. The topological polar surface area (TPSA) is 29.5 Å². The van der Waals surface area contributed by atoms with E-state index in [0.29, 0.717) is 6.61 Å². The van der Waals surface area contributed by atoms with E-state index in [9.17, 15) is 0 Å². The molecule has 2 heteroatoms. The van der Waals surface area contributed by atoms with Crippen LogP contribution in [-0.4, -0.2) is 23.9 Å². The summed E-state index contributed by atoms with van der Waals surface area (Å²) in [5.41, 5.74) is 0.178. The third kappa shape index (κ3) is 1.70. The molecule has 0 aliphatic carbocycles. The Morgan fingerprint density at radius 1 is 1.40 bits per heavy atom. The lowest BCUT2D eigenvalue weighted by Crippen LogP contribution is -2.25. The van der Waals surface area contributed by atoms with Gasteiger partial charge in [0.15, 0.2) is 0 Å². The van der Waals surface area contributed by atoms with Crippen LogP contribution in [0.2, 0.25) is 0 Å². The van der Waals surface area contributed by atoms with Crippen LogP contribution in [0.5, 0.6) is 0 Å². The van der Waals surface area contributed by atoms with E-state index in [0.717, 1.165) is 6.42 Å². The maximum Gasteiger partial charge on any atom is 0.0798 e. The molecule has 1 N–H and O–H groups in total. The second-order valence-corrected chi connectivity index (χ2v) is 4.08. The third-order valence-electron chi connectivity index (χ3n) is 1.94. The minimum atomic E-state index is -0.232. The molecular formula is C8H16O2. The minimum absolute atomic E-state index is 0.178. The number of aliphatic hydroxyl groups excluding tert-OH is 1. The van der Waals surface area contributed by atoms with E-state index in [4.69, 9.17) is 9.84 Å². The van der Waals surface area contributed by atoms with Crippen LogP contribution in [0, 0.1) is 5.41 Å². The van der Waals surface area contributed by atoms with Crippen molar-refractivity contribution in [2.24, 2.45) is 5.41 Å². The first-order valence-corrected chi connectivity index (χ1v) is 3.80. The third-order valence-corrected chi connectivity index (χ3v) is 1.94. The molecule has 1 rings (SSSR count). The Kier molecular flexibility index (Phi) is 2.02. The van der Waals surface area contributed by atoms with Gasteiger partial charge in [-0.3, -0.25) is 0 Å². The Balaban J connectivity index is 2.45. The van der Waals surface area contributed by atoms with Crippen LogP contribution >= 0.6 is 0 Å². The van der Waals surface area contributed by atoms with Crippen molar-refractivity contribution in [1.82, 2.24) is 0 Å². The Bertz CT molecular complexity index is 115. The lowest BCUT2D eigenvalue weighted by molar-refractivity contribution is 0.0245. The smallest absolute Gasteiger partial charge is 0.0798 e. The van der Waals surface area contributed by atoms with Crippen LogP contribution in [-0.2, 0) is 4.74 Å². The largest absolute Gasteiger partial charge is 0.391 e. The van der Waals surface area contributed by atoms with Gasteiger partial charge in [-0.1, -0.05) is 20.8 Å². The molecule has 0 radical (unpaired) electrons. The summed E-state index contributed by atoms with van der Waals surface area (Å²) in [5, 5.41) is 9.14. The first kappa shape index (κ1) is 8.02. The maximum absolute atomic E-state index is 9.14. The molecule has 0 spiro atoms. The number of aliphatic hydroxyl groups is 1. The molecule has 1 fully saturated rings. The molecule has 0 saturated carbocycles. The molecule has 2 atom stereocenters. The van der Waals surface area contributed by atoms with Crippen molar-refractivity contribution in [3.63, 3.8) is 0 Å². The van der Waals surface area contributed by atoms with Crippen LogP contribution in [0.4, 0.5) is 0 Å². The van der Waals surface area contributed by atoms with E-state index in [2.05, 4.69) is 20.8 Å². The number of rotatable bonds is 0. The molecule has 0 bridgehead atoms. The van der Waals surface area contributed by atoms with Crippen molar-refractivity contribution in [2.75, 3.05) is 6.61 Å². The number of hydrogen-bond acceptors (Lipinski definition) is 2. The summed E-state index contributed by atoms with van der Waals surface area (Å²) in [7, 11) is 0. The fourth-order valence-electron chi connectivity index (χ4n) is 1.21. The summed E-state index contributed by atoms with van der Waals surface area (Å²) >= 11 is 0. The van der Waals surface area contributed by atoms with Crippen molar-refractivity contribution in [3.8, 4) is 0 Å². The Morgan fingerprint density at radius 3 is 2.20 bits per heavy atom. The molecular weight excluding hydrogens is 128 g/mol. The fraction of sp³-hybridized carbons (Fsp3) is 1.00. The second kappa shape index (κ2) is 2.51. The van der Waals surface area contributed by atoms with Gasteiger partial charge in [0, 0.05) is 6.42 Å². The van der Waals surface area contributed by atoms with Crippen molar-refractivity contribution in [1.29, 1.82) is 0 Å². The predicted octanol–water partition coefficient (Wildman–Crippen LogP) is 1.18. The second-order valence-electron chi connectivity index (χ2n) is 4.08. The van der Waals surface area contributed by atoms with Crippen molar-refractivity contribution >= 4 is 0 Å². The summed E-state index contributed by atoms with van der Waals surface area (Å²) in [6.07, 6.45) is 0.801. The molecule has 10 heavy (non-hydrogen) atoms. The van der Waals surface area contributed by atoms with Crippen LogP contribution in [0.25, 0.3) is 0 Å². The summed E-state index contributed by atoms with van der Waals surface area (Å²) < 4.78 is 5.38. The van der Waals surface area contributed by atoms with Gasteiger partial charge in [0.2, 0.25) is 0 Å². The molecule has 0 aromatic heterocycles. The summed E-state index contributed by atoms with van der Waals surface area (Å²) in [4.78, 5) is 0. The quantitative estimate of drug-likeness (QED) is 0.553. The van der Waals surface area contributed by atoms with E-state index in [-0.39, 0.29) is 17.6 Å². The van der Waals surface area contributed by atoms with Gasteiger partial charge in [0.25, 0.3) is 0 Å². The van der Waals surface area contributed by atoms with Crippen molar-refractivity contribution < 1.29 is 9.84 Å². The zero-order valence-corrected chi connectivity index (χ0v) is 6.92. The Morgan fingerprint density at radius 2 is 2.00 bits per heavy atom. The van der Waals surface area contributed by atoms with E-state index in [1.165, 1.54) is 0 Å². The zero-order valence-electron chi connectivity index (χ0n) is 6.92. The van der Waals surface area contributed by atoms with E-state index in [1.54, 1.807) is 0 Å². The molecule has 0 aromatic rings. The van der Waals surface area contributed by atoms with Crippen LogP contribution in [0.1, 0.15) is 27.2 Å². The van der Waals surface area contributed by atoms with Crippen molar-refractivity contribution in [3.05, 3.63) is 0 Å². The summed E-state index contributed by atoms with van der Waals surface area (Å²) in [5.74, 6) is 0. The maximum atomic E-state index is 9.14.